The van der Waals surface area contributed by atoms with E-state index in [9.17, 15) is 0 Å². The van der Waals surface area contributed by atoms with Gasteiger partial charge in [0.1, 0.15) is 18.2 Å². The second-order valence-corrected chi connectivity index (χ2v) is 3.66. The fourth-order valence-corrected chi connectivity index (χ4v) is 1.49. The monoisotopic (exact) mass is 229 g/mol. The zero-order valence-electron chi connectivity index (χ0n) is 9.97. The normalized spacial score (nSPS) is 10.0. The number of aromatic nitrogens is 2. The molecule has 1 aromatic heterocycles. The summed E-state index contributed by atoms with van der Waals surface area (Å²) in [5, 5.41) is 3.00. The van der Waals surface area contributed by atoms with E-state index in [2.05, 4.69) is 15.3 Å². The summed E-state index contributed by atoms with van der Waals surface area (Å²) >= 11 is 0. The van der Waals surface area contributed by atoms with Gasteiger partial charge in [0.2, 0.25) is 0 Å². The SMILES string of the molecule is CNc1cc(C)nc(COc2ccccc2)n1. The summed E-state index contributed by atoms with van der Waals surface area (Å²) in [7, 11) is 1.84. The topological polar surface area (TPSA) is 47.0 Å². The Balaban J connectivity index is 2.06. The predicted molar refractivity (Wildman–Crippen MR) is 67.1 cm³/mol. The zero-order chi connectivity index (χ0) is 12.1. The van der Waals surface area contributed by atoms with Crippen molar-refractivity contribution in [2.75, 3.05) is 12.4 Å². The number of hydrogen-bond acceptors (Lipinski definition) is 4. The number of nitrogens with zero attached hydrogens (tertiary/aromatic N) is 2. The first-order chi connectivity index (χ1) is 8.28. The molecule has 1 heterocycles. The maximum absolute atomic E-state index is 5.59. The first kappa shape index (κ1) is 11.4. The minimum atomic E-state index is 0.375. The molecule has 0 aliphatic carbocycles. The highest BCUT2D eigenvalue weighted by Gasteiger charge is 2.02. The van der Waals surface area contributed by atoms with Gasteiger partial charge in [-0.25, -0.2) is 9.97 Å². The van der Waals surface area contributed by atoms with E-state index < -0.39 is 0 Å². The molecule has 1 aromatic carbocycles. The van der Waals surface area contributed by atoms with E-state index in [1.807, 2.05) is 50.4 Å². The van der Waals surface area contributed by atoms with Gasteiger partial charge in [-0.15, -0.1) is 0 Å². The van der Waals surface area contributed by atoms with Gasteiger partial charge in [0, 0.05) is 18.8 Å². The Hall–Kier alpha value is -2.10. The lowest BCUT2D eigenvalue weighted by atomic mass is 10.3. The number of aryl methyl sites for hydroxylation is 1. The zero-order valence-corrected chi connectivity index (χ0v) is 9.97. The average Bonchev–Trinajstić information content (AvgIpc) is 2.37. The molecule has 4 nitrogen and oxygen atoms in total. The molecule has 2 rings (SSSR count). The first-order valence-electron chi connectivity index (χ1n) is 5.48. The molecule has 4 heteroatoms. The molecule has 0 spiro atoms. The molecule has 0 atom stereocenters. The number of benzene rings is 1. The Morgan fingerprint density at radius 1 is 1.18 bits per heavy atom. The molecular weight excluding hydrogens is 214 g/mol. The van der Waals surface area contributed by atoms with Gasteiger partial charge in [0.25, 0.3) is 0 Å². The van der Waals surface area contributed by atoms with Crippen LogP contribution in [0.15, 0.2) is 36.4 Å². The number of nitrogens with one attached hydrogen (secondary N) is 1. The smallest absolute Gasteiger partial charge is 0.168 e. The highest BCUT2D eigenvalue weighted by atomic mass is 16.5. The maximum atomic E-state index is 5.59. The van der Waals surface area contributed by atoms with Crippen LogP contribution in [0.25, 0.3) is 0 Å². The summed E-state index contributed by atoms with van der Waals surface area (Å²) in [5.74, 6) is 2.31. The summed E-state index contributed by atoms with van der Waals surface area (Å²) in [6.07, 6.45) is 0. The van der Waals surface area contributed by atoms with E-state index in [0.29, 0.717) is 12.4 Å². The summed E-state index contributed by atoms with van der Waals surface area (Å²) in [4.78, 5) is 8.64. The van der Waals surface area contributed by atoms with Crippen LogP contribution in [0.2, 0.25) is 0 Å². The van der Waals surface area contributed by atoms with Crippen molar-refractivity contribution in [1.82, 2.24) is 9.97 Å². The van der Waals surface area contributed by atoms with Crippen molar-refractivity contribution in [3.8, 4) is 5.75 Å². The molecule has 0 saturated carbocycles. The quantitative estimate of drug-likeness (QED) is 0.874. The standard InChI is InChI=1S/C13H15N3O/c1-10-8-12(14-2)16-13(15-10)9-17-11-6-4-3-5-7-11/h3-8H,9H2,1-2H3,(H,14,15,16). The predicted octanol–water partition coefficient (Wildman–Crippen LogP) is 2.41. The molecule has 0 aliphatic heterocycles. The minimum absolute atomic E-state index is 0.375. The van der Waals surface area contributed by atoms with E-state index >= 15 is 0 Å². The number of para-hydroxylation sites is 1. The molecule has 0 saturated heterocycles. The number of anilines is 1. The molecule has 1 N–H and O–H groups in total. The van der Waals surface area contributed by atoms with Crippen molar-refractivity contribution < 1.29 is 4.74 Å². The van der Waals surface area contributed by atoms with E-state index in [0.717, 1.165) is 17.3 Å². The van der Waals surface area contributed by atoms with Crippen LogP contribution < -0.4 is 10.1 Å². The Kier molecular flexibility index (Phi) is 3.55. The van der Waals surface area contributed by atoms with Crippen molar-refractivity contribution in [2.45, 2.75) is 13.5 Å². The summed E-state index contributed by atoms with van der Waals surface area (Å²) in [6, 6.07) is 11.5. The van der Waals surface area contributed by atoms with Crippen molar-refractivity contribution in [1.29, 1.82) is 0 Å². The number of hydrogen-bond donors (Lipinski definition) is 1. The lowest BCUT2D eigenvalue weighted by Crippen LogP contribution is -2.05. The Labute approximate surface area is 101 Å². The van der Waals surface area contributed by atoms with Gasteiger partial charge in [0.15, 0.2) is 5.82 Å². The maximum Gasteiger partial charge on any atom is 0.168 e. The van der Waals surface area contributed by atoms with Crippen molar-refractivity contribution in [3.05, 3.63) is 47.9 Å². The number of ether oxygens (including phenoxy) is 1. The van der Waals surface area contributed by atoms with Gasteiger partial charge in [-0.05, 0) is 19.1 Å². The molecule has 2 aromatic rings. The van der Waals surface area contributed by atoms with Gasteiger partial charge in [0.05, 0.1) is 0 Å². The van der Waals surface area contributed by atoms with Gasteiger partial charge in [-0.1, -0.05) is 18.2 Å². The van der Waals surface area contributed by atoms with Crippen LogP contribution in [-0.2, 0) is 6.61 Å². The molecule has 0 fully saturated rings. The summed E-state index contributed by atoms with van der Waals surface area (Å²) in [6.45, 7) is 2.31. The van der Waals surface area contributed by atoms with Gasteiger partial charge in [-0.3, -0.25) is 0 Å². The van der Waals surface area contributed by atoms with Crippen LogP contribution in [-0.4, -0.2) is 17.0 Å². The average molecular weight is 229 g/mol. The third-order valence-electron chi connectivity index (χ3n) is 2.27. The van der Waals surface area contributed by atoms with Crippen LogP contribution >= 0.6 is 0 Å². The third-order valence-corrected chi connectivity index (χ3v) is 2.27. The van der Waals surface area contributed by atoms with E-state index in [4.69, 9.17) is 4.74 Å². The largest absolute Gasteiger partial charge is 0.486 e. The Morgan fingerprint density at radius 3 is 2.65 bits per heavy atom. The van der Waals surface area contributed by atoms with Crippen molar-refractivity contribution in [3.63, 3.8) is 0 Å². The van der Waals surface area contributed by atoms with E-state index in [1.54, 1.807) is 0 Å². The van der Waals surface area contributed by atoms with Crippen LogP contribution in [0.1, 0.15) is 11.5 Å². The highest BCUT2D eigenvalue weighted by Crippen LogP contribution is 2.11. The molecule has 88 valence electrons. The number of rotatable bonds is 4. The fraction of sp³-hybridized carbons (Fsp3) is 0.231. The second kappa shape index (κ2) is 5.30. The lowest BCUT2D eigenvalue weighted by molar-refractivity contribution is 0.295. The van der Waals surface area contributed by atoms with Crippen LogP contribution in [0.5, 0.6) is 5.75 Å². The van der Waals surface area contributed by atoms with Gasteiger partial charge < -0.3 is 10.1 Å². The third kappa shape index (κ3) is 3.17. The molecule has 0 radical (unpaired) electrons. The van der Waals surface area contributed by atoms with Crippen LogP contribution in [0.4, 0.5) is 5.82 Å². The molecule has 0 bridgehead atoms. The van der Waals surface area contributed by atoms with E-state index in [1.165, 1.54) is 0 Å². The minimum Gasteiger partial charge on any atom is -0.486 e. The second-order valence-electron chi connectivity index (χ2n) is 3.66. The van der Waals surface area contributed by atoms with Gasteiger partial charge >= 0.3 is 0 Å². The Morgan fingerprint density at radius 2 is 1.94 bits per heavy atom. The van der Waals surface area contributed by atoms with Crippen LogP contribution in [0.3, 0.4) is 0 Å². The summed E-state index contributed by atoms with van der Waals surface area (Å²) < 4.78 is 5.59. The molecule has 0 unspecified atom stereocenters. The van der Waals surface area contributed by atoms with Crippen molar-refractivity contribution >= 4 is 5.82 Å². The van der Waals surface area contributed by atoms with E-state index in [-0.39, 0.29) is 0 Å². The van der Waals surface area contributed by atoms with Crippen LogP contribution in [0, 0.1) is 6.92 Å². The molecule has 0 aliphatic rings. The Bertz CT molecular complexity index is 485. The highest BCUT2D eigenvalue weighted by molar-refractivity contribution is 5.34. The molecule has 17 heavy (non-hydrogen) atoms. The fourth-order valence-electron chi connectivity index (χ4n) is 1.49. The van der Waals surface area contributed by atoms with Crippen molar-refractivity contribution in [2.24, 2.45) is 0 Å². The molecule has 0 amide bonds. The lowest BCUT2D eigenvalue weighted by Gasteiger charge is -2.07. The first-order valence-corrected chi connectivity index (χ1v) is 5.48. The molecular formula is C13H15N3O. The van der Waals surface area contributed by atoms with Gasteiger partial charge in [-0.2, -0.15) is 0 Å². The summed E-state index contributed by atoms with van der Waals surface area (Å²) in [5.41, 5.74) is 0.927.